The van der Waals surface area contributed by atoms with Crippen LogP contribution in [0.1, 0.15) is 40.1 Å². The molecule has 5 rings (SSSR count). The fourth-order valence-corrected chi connectivity index (χ4v) is 4.85. The monoisotopic (exact) mass is 607 g/mol. The zero-order valence-electron chi connectivity index (χ0n) is 24.6. The van der Waals surface area contributed by atoms with Crippen LogP contribution in [-0.4, -0.2) is 49.0 Å². The first-order chi connectivity index (χ1) is 21.3. The van der Waals surface area contributed by atoms with Crippen molar-refractivity contribution in [3.05, 3.63) is 112 Å². The average molecular weight is 608 g/mol. The summed E-state index contributed by atoms with van der Waals surface area (Å²) in [6, 6.07) is 17.5. The summed E-state index contributed by atoms with van der Waals surface area (Å²) in [5.74, 6) is 7.35. The fraction of sp³-hybridized carbons (Fsp3) is 0.156. The highest BCUT2D eigenvalue weighted by atomic mass is 32.2. The van der Waals surface area contributed by atoms with Gasteiger partial charge in [0, 0.05) is 36.2 Å². The van der Waals surface area contributed by atoms with E-state index in [0.29, 0.717) is 34.5 Å². The predicted molar refractivity (Wildman–Crippen MR) is 179 cm³/mol. The van der Waals surface area contributed by atoms with Crippen molar-refractivity contribution in [2.24, 2.45) is 17.8 Å². The van der Waals surface area contributed by atoms with Gasteiger partial charge in [0.15, 0.2) is 17.9 Å². The largest absolute Gasteiger partial charge is 0.382 e. The van der Waals surface area contributed by atoms with Gasteiger partial charge >= 0.3 is 0 Å². The van der Waals surface area contributed by atoms with E-state index in [4.69, 9.17) is 11.5 Å². The highest BCUT2D eigenvalue weighted by molar-refractivity contribution is 7.97. The highest BCUT2D eigenvalue weighted by Gasteiger charge is 2.17. The van der Waals surface area contributed by atoms with Gasteiger partial charge in [0.2, 0.25) is 0 Å². The molecular weight excluding hydrogens is 574 g/mol. The van der Waals surface area contributed by atoms with Gasteiger partial charge < -0.3 is 16.8 Å². The second-order valence-corrected chi connectivity index (χ2v) is 10.3. The molecule has 0 radical (unpaired) electrons. The van der Waals surface area contributed by atoms with Crippen molar-refractivity contribution in [3.8, 4) is 17.5 Å². The number of anilines is 1. The van der Waals surface area contributed by atoms with Crippen molar-refractivity contribution < 1.29 is 4.79 Å². The number of hydrogen-bond donors (Lipinski definition) is 3. The Morgan fingerprint density at radius 2 is 1.95 bits per heavy atom. The molecule has 0 saturated carbocycles. The Hall–Kier alpha value is -5.22. The standard InChI is InChI=1S/C24H23N5OS.C8H10N4O/c1-17(26-2)22-13-20-8-6-7-19(12-11-18-14-27-28(15-18)31-16-25)23(20)24(30)29(22)21-9-4-3-5-10-21;1-3-4-10-8-6(5-13)7(9)11-12(8)2/h3-10,13-15,17,26H,16,25H2,1-2H3;3-5H,1H2,2H3,(H2,9,11)/b;10-4-. The molecule has 3 aromatic heterocycles. The third-order valence-electron chi connectivity index (χ3n) is 6.58. The molecule has 0 saturated heterocycles. The molecule has 1 unspecified atom stereocenters. The van der Waals surface area contributed by atoms with Crippen molar-refractivity contribution in [2.75, 3.05) is 18.7 Å². The smallest absolute Gasteiger partial charge is 0.264 e. The molecule has 0 aliphatic heterocycles. The number of nitrogen functional groups attached to an aromatic ring is 1. The van der Waals surface area contributed by atoms with E-state index < -0.39 is 0 Å². The molecule has 0 bridgehead atoms. The van der Waals surface area contributed by atoms with Crippen LogP contribution in [0.15, 0.2) is 89.4 Å². The topological polar surface area (TPSA) is 151 Å². The van der Waals surface area contributed by atoms with Crippen LogP contribution in [0.5, 0.6) is 0 Å². The van der Waals surface area contributed by atoms with Gasteiger partial charge in [0.25, 0.3) is 5.56 Å². The molecule has 1 atom stereocenters. The van der Waals surface area contributed by atoms with Crippen LogP contribution in [-0.2, 0) is 7.05 Å². The van der Waals surface area contributed by atoms with Crippen molar-refractivity contribution >= 4 is 46.9 Å². The van der Waals surface area contributed by atoms with E-state index in [1.54, 1.807) is 21.9 Å². The number of fused-ring (bicyclic) bond motifs is 1. The van der Waals surface area contributed by atoms with Gasteiger partial charge in [-0.05, 0) is 55.6 Å². The van der Waals surface area contributed by atoms with Gasteiger partial charge in [-0.1, -0.05) is 54.8 Å². The summed E-state index contributed by atoms with van der Waals surface area (Å²) in [6.45, 7) is 5.51. The molecule has 0 amide bonds. The number of aryl methyl sites for hydroxylation is 1. The Labute approximate surface area is 259 Å². The molecule has 0 spiro atoms. The van der Waals surface area contributed by atoms with Crippen LogP contribution in [0.25, 0.3) is 16.5 Å². The van der Waals surface area contributed by atoms with E-state index in [1.165, 1.54) is 28.9 Å². The lowest BCUT2D eigenvalue weighted by atomic mass is 10.0. The van der Waals surface area contributed by atoms with E-state index in [-0.39, 0.29) is 17.4 Å². The average Bonchev–Trinajstić information content (AvgIpc) is 3.60. The Balaban J connectivity index is 0.000000285. The maximum Gasteiger partial charge on any atom is 0.264 e. The minimum atomic E-state index is -0.0833. The van der Waals surface area contributed by atoms with E-state index in [2.05, 4.69) is 45.0 Å². The van der Waals surface area contributed by atoms with E-state index in [0.717, 1.165) is 22.3 Å². The van der Waals surface area contributed by atoms with Gasteiger partial charge in [0.05, 0.1) is 29.2 Å². The first-order valence-corrected chi connectivity index (χ1v) is 14.5. The highest BCUT2D eigenvalue weighted by Crippen LogP contribution is 2.23. The van der Waals surface area contributed by atoms with E-state index in [9.17, 15) is 9.59 Å². The number of nitrogens with two attached hydrogens (primary N) is 2. The molecule has 12 heteroatoms. The maximum absolute atomic E-state index is 13.7. The minimum Gasteiger partial charge on any atom is -0.382 e. The second kappa shape index (κ2) is 14.8. The summed E-state index contributed by atoms with van der Waals surface area (Å²) < 4.78 is 4.89. The third-order valence-corrected chi connectivity index (χ3v) is 7.19. The number of carbonyl (C=O) groups excluding carboxylic acids is 1. The first-order valence-electron chi connectivity index (χ1n) is 13.6. The number of carbonyl (C=O) groups is 1. The number of hydrogen-bond acceptors (Lipinski definition) is 9. The van der Waals surface area contributed by atoms with Gasteiger partial charge in [-0.25, -0.2) is 13.8 Å². The second-order valence-electron chi connectivity index (χ2n) is 9.38. The fourth-order valence-electron chi connectivity index (χ4n) is 4.39. The lowest BCUT2D eigenvalue weighted by Crippen LogP contribution is -2.27. The van der Waals surface area contributed by atoms with Crippen molar-refractivity contribution in [1.82, 2.24) is 28.9 Å². The zero-order chi connectivity index (χ0) is 31.6. The van der Waals surface area contributed by atoms with Crippen LogP contribution in [0.4, 0.5) is 11.6 Å². The van der Waals surface area contributed by atoms with Gasteiger partial charge in [-0.15, -0.1) is 0 Å². The molecule has 0 aliphatic rings. The number of nitrogens with one attached hydrogen (secondary N) is 1. The van der Waals surface area contributed by atoms with Crippen molar-refractivity contribution in [2.45, 2.75) is 13.0 Å². The molecule has 0 aliphatic carbocycles. The van der Waals surface area contributed by atoms with E-state index in [1.807, 2.05) is 68.7 Å². The Bertz CT molecular complexity index is 1930. The lowest BCUT2D eigenvalue weighted by Gasteiger charge is -2.19. The summed E-state index contributed by atoms with van der Waals surface area (Å²) >= 11 is 1.39. The number of nitrogens with zero attached hydrogens (tertiary/aromatic N) is 6. The molecule has 5 N–H and O–H groups in total. The normalized spacial score (nSPS) is 11.5. The van der Waals surface area contributed by atoms with E-state index >= 15 is 0 Å². The first kappa shape index (κ1) is 31.7. The van der Waals surface area contributed by atoms with Crippen LogP contribution in [0.2, 0.25) is 0 Å². The molecule has 11 nitrogen and oxygen atoms in total. The minimum absolute atomic E-state index is 0.00192. The SMILES string of the molecule is C=C/C=N\c1c(C=O)c(N)nn1C.CNC(C)c1cc2cccc(C#Cc3cnn(SCN)c3)c2c(=O)n1-c1ccccc1. The zero-order valence-corrected chi connectivity index (χ0v) is 25.5. The molecule has 44 heavy (non-hydrogen) atoms. The molecule has 3 heterocycles. The third kappa shape index (κ3) is 7.04. The number of benzene rings is 2. The number of pyridine rings is 1. The number of aromatic nitrogens is 5. The van der Waals surface area contributed by atoms with Crippen LogP contribution in [0.3, 0.4) is 0 Å². The summed E-state index contributed by atoms with van der Waals surface area (Å²) in [5.41, 5.74) is 14.4. The van der Waals surface area contributed by atoms with Crippen LogP contribution < -0.4 is 22.3 Å². The quantitative estimate of drug-likeness (QED) is 0.104. The Kier molecular flexibility index (Phi) is 10.7. The maximum atomic E-state index is 13.7. The Morgan fingerprint density at radius 1 is 1.18 bits per heavy atom. The molecule has 224 valence electrons. The summed E-state index contributed by atoms with van der Waals surface area (Å²) in [7, 11) is 3.55. The Morgan fingerprint density at radius 3 is 2.64 bits per heavy atom. The van der Waals surface area contributed by atoms with Gasteiger partial charge in [-0.3, -0.25) is 14.2 Å². The molecule has 0 fully saturated rings. The summed E-state index contributed by atoms with van der Waals surface area (Å²) in [4.78, 5) is 28.3. The summed E-state index contributed by atoms with van der Waals surface area (Å²) in [5, 5.41) is 12.8. The number of para-hydroxylation sites is 1. The van der Waals surface area contributed by atoms with Gasteiger partial charge in [0.1, 0.15) is 5.56 Å². The van der Waals surface area contributed by atoms with Crippen molar-refractivity contribution in [3.63, 3.8) is 0 Å². The number of aliphatic imine (C=N–C) groups is 1. The number of aldehydes is 1. The predicted octanol–water partition coefficient (Wildman–Crippen LogP) is 3.98. The van der Waals surface area contributed by atoms with Crippen LogP contribution >= 0.6 is 11.9 Å². The lowest BCUT2D eigenvalue weighted by molar-refractivity contribution is 0.112. The number of rotatable bonds is 8. The van der Waals surface area contributed by atoms with Crippen LogP contribution in [0, 0.1) is 11.8 Å². The number of allylic oxidation sites excluding steroid dienone is 1. The molecular formula is C32H33N9O2S. The van der Waals surface area contributed by atoms with Gasteiger partial charge in [-0.2, -0.15) is 10.2 Å². The molecule has 5 aromatic rings. The summed E-state index contributed by atoms with van der Waals surface area (Å²) in [6.07, 6.45) is 7.14. The molecule has 2 aromatic carbocycles. The van der Waals surface area contributed by atoms with Crippen molar-refractivity contribution in [1.29, 1.82) is 0 Å².